The number of urea groups is 1. The third kappa shape index (κ3) is 4.79. The molecule has 2 N–H and O–H groups in total. The number of rotatable bonds is 8. The quantitative estimate of drug-likeness (QED) is 0.621. The molecule has 1 heterocycles. The Morgan fingerprint density at radius 3 is 2.58 bits per heavy atom. The van der Waals surface area contributed by atoms with Crippen molar-refractivity contribution in [2.75, 3.05) is 13.7 Å². The highest BCUT2D eigenvalue weighted by Gasteiger charge is 2.35. The molecule has 2 aromatic rings. The van der Waals surface area contributed by atoms with Gasteiger partial charge in [-0.2, -0.15) is 0 Å². The monoisotopic (exact) mass is 428 g/mol. The molecule has 164 valence electrons. The van der Waals surface area contributed by atoms with E-state index in [1.165, 1.54) is 13.2 Å². The first kappa shape index (κ1) is 22.1. The van der Waals surface area contributed by atoms with Crippen LogP contribution in [0.5, 0.6) is 11.5 Å². The minimum absolute atomic E-state index is 0.0575. The fourth-order valence-electron chi connectivity index (χ4n) is 3.42. The molecular formula is C23H25FN2O5. The number of ether oxygens (including phenoxy) is 3. The van der Waals surface area contributed by atoms with E-state index in [2.05, 4.69) is 10.6 Å². The van der Waals surface area contributed by atoms with Gasteiger partial charge in [0.05, 0.1) is 25.3 Å². The van der Waals surface area contributed by atoms with Gasteiger partial charge in [-0.3, -0.25) is 0 Å². The maximum Gasteiger partial charge on any atom is 0.338 e. The number of carbonyl (C=O) groups excluding carboxylic acids is 2. The van der Waals surface area contributed by atoms with Crippen LogP contribution in [0.1, 0.15) is 37.4 Å². The maximum absolute atomic E-state index is 14.1. The number of allylic oxidation sites excluding steroid dienone is 1. The van der Waals surface area contributed by atoms with E-state index in [0.717, 1.165) is 0 Å². The Morgan fingerprint density at radius 1 is 1.13 bits per heavy atom. The van der Waals surface area contributed by atoms with Crippen molar-refractivity contribution in [3.05, 3.63) is 70.7 Å². The van der Waals surface area contributed by atoms with Crippen molar-refractivity contribution in [3.8, 4) is 11.5 Å². The van der Waals surface area contributed by atoms with E-state index < -0.39 is 23.9 Å². The lowest BCUT2D eigenvalue weighted by molar-refractivity contribution is -0.139. The summed E-state index contributed by atoms with van der Waals surface area (Å²) in [6.45, 7) is 3.67. The lowest BCUT2D eigenvalue weighted by Crippen LogP contribution is -2.46. The van der Waals surface area contributed by atoms with Crippen LogP contribution >= 0.6 is 0 Å². The van der Waals surface area contributed by atoms with Crippen LogP contribution in [0.3, 0.4) is 0 Å². The van der Waals surface area contributed by atoms with Gasteiger partial charge in [-0.25, -0.2) is 14.0 Å². The van der Waals surface area contributed by atoms with E-state index in [4.69, 9.17) is 14.2 Å². The molecule has 0 fully saturated rings. The predicted molar refractivity (Wildman–Crippen MR) is 112 cm³/mol. The van der Waals surface area contributed by atoms with Crippen molar-refractivity contribution in [3.63, 3.8) is 0 Å². The van der Waals surface area contributed by atoms with E-state index in [9.17, 15) is 14.0 Å². The third-order valence-electron chi connectivity index (χ3n) is 4.87. The van der Waals surface area contributed by atoms with Gasteiger partial charge in [0, 0.05) is 16.8 Å². The molecule has 0 saturated heterocycles. The van der Waals surface area contributed by atoms with Crippen molar-refractivity contribution < 1.29 is 28.2 Å². The highest BCUT2D eigenvalue weighted by atomic mass is 19.1. The van der Waals surface area contributed by atoms with Crippen LogP contribution in [-0.4, -0.2) is 25.7 Å². The standard InChI is InChI=1S/C23H25FN2O5/c1-4-17-19(22(27)30-5-2)20(26-23(28)25-17)15-10-8-12-18(29-3)21(15)31-13-14-9-6-7-11-16(14)24/h6-12,20H,4-5,13H2,1-3H3,(H2,25,26,28). The maximum atomic E-state index is 14.1. The fourth-order valence-corrected chi connectivity index (χ4v) is 3.42. The van der Waals surface area contributed by atoms with Crippen LogP contribution in [0, 0.1) is 5.82 Å². The first-order valence-electron chi connectivity index (χ1n) is 10.0. The van der Waals surface area contributed by atoms with Crippen LogP contribution in [0.4, 0.5) is 9.18 Å². The second-order valence-corrected chi connectivity index (χ2v) is 6.76. The van der Waals surface area contributed by atoms with Crippen molar-refractivity contribution in [1.29, 1.82) is 0 Å². The second-order valence-electron chi connectivity index (χ2n) is 6.76. The van der Waals surface area contributed by atoms with Crippen molar-refractivity contribution in [2.24, 2.45) is 0 Å². The lowest BCUT2D eigenvalue weighted by Gasteiger charge is -2.30. The molecule has 0 radical (unpaired) electrons. The number of benzene rings is 2. The molecule has 31 heavy (non-hydrogen) atoms. The summed E-state index contributed by atoms with van der Waals surface area (Å²) in [5.41, 5.74) is 1.62. The molecule has 0 aromatic heterocycles. The zero-order chi connectivity index (χ0) is 22.4. The zero-order valence-electron chi connectivity index (χ0n) is 17.7. The average molecular weight is 428 g/mol. The molecule has 3 rings (SSSR count). The summed E-state index contributed by atoms with van der Waals surface area (Å²) >= 11 is 0. The van der Waals surface area contributed by atoms with Gasteiger partial charge in [0.15, 0.2) is 11.5 Å². The van der Waals surface area contributed by atoms with E-state index in [-0.39, 0.29) is 18.8 Å². The molecule has 1 atom stereocenters. The van der Waals surface area contributed by atoms with E-state index in [1.807, 2.05) is 6.92 Å². The third-order valence-corrected chi connectivity index (χ3v) is 4.87. The Balaban J connectivity index is 2.06. The van der Waals surface area contributed by atoms with E-state index >= 15 is 0 Å². The van der Waals surface area contributed by atoms with Crippen molar-refractivity contribution in [1.82, 2.24) is 10.6 Å². The van der Waals surface area contributed by atoms with Gasteiger partial charge in [0.25, 0.3) is 0 Å². The summed E-state index contributed by atoms with van der Waals surface area (Å²) in [7, 11) is 1.48. The minimum Gasteiger partial charge on any atom is -0.493 e. The van der Waals surface area contributed by atoms with Gasteiger partial charge in [0.2, 0.25) is 0 Å². The predicted octanol–water partition coefficient (Wildman–Crippen LogP) is 3.99. The zero-order valence-corrected chi connectivity index (χ0v) is 17.7. The van der Waals surface area contributed by atoms with Gasteiger partial charge >= 0.3 is 12.0 Å². The van der Waals surface area contributed by atoms with E-state index in [1.54, 1.807) is 43.3 Å². The van der Waals surface area contributed by atoms with E-state index in [0.29, 0.717) is 34.7 Å². The van der Waals surface area contributed by atoms with Crippen LogP contribution in [0.25, 0.3) is 0 Å². The fraction of sp³-hybridized carbons (Fsp3) is 0.304. The Morgan fingerprint density at radius 2 is 1.90 bits per heavy atom. The number of methoxy groups -OCH3 is 1. The Bertz CT molecular complexity index is 1010. The molecule has 1 aliphatic heterocycles. The summed E-state index contributed by atoms with van der Waals surface area (Å²) in [5.74, 6) is -0.241. The average Bonchev–Trinajstić information content (AvgIpc) is 2.77. The number of halogens is 1. The smallest absolute Gasteiger partial charge is 0.338 e. The number of amides is 2. The molecule has 0 saturated carbocycles. The molecule has 0 aliphatic carbocycles. The van der Waals surface area contributed by atoms with Gasteiger partial charge < -0.3 is 24.8 Å². The summed E-state index contributed by atoms with van der Waals surface area (Å²) in [6.07, 6.45) is 0.424. The molecule has 7 nitrogen and oxygen atoms in total. The Labute approximate surface area is 180 Å². The van der Waals surface area contributed by atoms with Crippen molar-refractivity contribution >= 4 is 12.0 Å². The molecule has 1 aliphatic rings. The minimum atomic E-state index is -0.825. The molecule has 2 amide bonds. The number of carbonyl (C=O) groups is 2. The molecule has 8 heteroatoms. The molecule has 1 unspecified atom stereocenters. The Hall–Kier alpha value is -3.55. The largest absolute Gasteiger partial charge is 0.493 e. The number of nitrogens with one attached hydrogen (secondary N) is 2. The van der Waals surface area contributed by atoms with Crippen LogP contribution < -0.4 is 20.1 Å². The summed E-state index contributed by atoms with van der Waals surface area (Å²) in [5, 5.41) is 5.44. The number of hydrogen-bond donors (Lipinski definition) is 2. The molecule has 2 aromatic carbocycles. The number of esters is 1. The van der Waals surface area contributed by atoms with Crippen molar-refractivity contribution in [2.45, 2.75) is 32.9 Å². The topological polar surface area (TPSA) is 85.9 Å². The molecular weight excluding hydrogens is 403 g/mol. The highest BCUT2D eigenvalue weighted by Crippen LogP contribution is 2.40. The first-order chi connectivity index (χ1) is 15.0. The van der Waals surface area contributed by atoms with Crippen LogP contribution in [0.15, 0.2) is 53.7 Å². The highest BCUT2D eigenvalue weighted by molar-refractivity contribution is 5.95. The Kier molecular flexibility index (Phi) is 7.12. The SMILES string of the molecule is CCOC(=O)C1=C(CC)NC(=O)NC1c1cccc(OC)c1OCc1ccccc1F. The van der Waals surface area contributed by atoms with Gasteiger partial charge in [-0.05, 0) is 25.5 Å². The summed E-state index contributed by atoms with van der Waals surface area (Å²) < 4.78 is 30.7. The lowest BCUT2D eigenvalue weighted by atomic mass is 9.93. The number of hydrogen-bond acceptors (Lipinski definition) is 5. The normalized spacial score (nSPS) is 15.7. The van der Waals surface area contributed by atoms with Gasteiger partial charge in [0.1, 0.15) is 12.4 Å². The van der Waals surface area contributed by atoms with Gasteiger partial charge in [-0.15, -0.1) is 0 Å². The van der Waals surface area contributed by atoms with Crippen LogP contribution in [0.2, 0.25) is 0 Å². The van der Waals surface area contributed by atoms with Gasteiger partial charge in [-0.1, -0.05) is 37.3 Å². The second kappa shape index (κ2) is 9.97. The summed E-state index contributed by atoms with van der Waals surface area (Å²) in [6, 6.07) is 10.2. The summed E-state index contributed by atoms with van der Waals surface area (Å²) in [4.78, 5) is 25.1. The number of para-hydroxylation sites is 1. The first-order valence-corrected chi connectivity index (χ1v) is 10.0. The van der Waals surface area contributed by atoms with Crippen LogP contribution in [-0.2, 0) is 16.1 Å². The molecule has 0 bridgehead atoms. The molecule has 0 spiro atoms.